The van der Waals surface area contributed by atoms with E-state index in [-0.39, 0.29) is 23.1 Å². The van der Waals surface area contributed by atoms with E-state index in [0.717, 1.165) is 18.0 Å². The van der Waals surface area contributed by atoms with Crippen LogP contribution in [-0.4, -0.2) is 30.5 Å². The minimum atomic E-state index is -3.51. The van der Waals surface area contributed by atoms with Gasteiger partial charge < -0.3 is 4.74 Å². The summed E-state index contributed by atoms with van der Waals surface area (Å²) in [7, 11) is -3.51. The Morgan fingerprint density at radius 2 is 1.68 bits per heavy atom. The first-order valence-electron chi connectivity index (χ1n) is 8.15. The van der Waals surface area contributed by atoms with E-state index in [4.69, 9.17) is 4.74 Å². The maximum atomic E-state index is 12.8. The van der Waals surface area contributed by atoms with Crippen LogP contribution in [-0.2, 0) is 10.0 Å². The molecule has 1 N–H and O–H groups in total. The third-order valence-electron chi connectivity index (χ3n) is 4.20. The lowest BCUT2D eigenvalue weighted by Gasteiger charge is -2.28. The second kappa shape index (κ2) is 7.45. The molecule has 0 atom stereocenters. The van der Waals surface area contributed by atoms with Crippen molar-refractivity contribution in [2.45, 2.75) is 49.6 Å². The summed E-state index contributed by atoms with van der Waals surface area (Å²) in [5.41, 5.74) is 1.01. The maximum absolute atomic E-state index is 12.8. The second-order valence-corrected chi connectivity index (χ2v) is 7.92. The molecule has 1 saturated carbocycles. The van der Waals surface area contributed by atoms with Crippen LogP contribution in [0.5, 0.6) is 6.01 Å². The molecule has 1 aromatic heterocycles. The third-order valence-corrected chi connectivity index (χ3v) is 5.73. The Balaban J connectivity index is 1.53. The number of benzene rings is 1. The number of hydrogen-bond acceptors (Lipinski definition) is 5. The molecule has 0 aliphatic heterocycles. The maximum Gasteiger partial charge on any atom is 0.316 e. The number of halogens is 1. The van der Waals surface area contributed by atoms with E-state index < -0.39 is 15.8 Å². The summed E-state index contributed by atoms with van der Waals surface area (Å²) in [6.45, 7) is 1.91. The average molecular weight is 365 g/mol. The van der Waals surface area contributed by atoms with Crippen molar-refractivity contribution >= 4 is 10.0 Å². The molecule has 0 spiro atoms. The Hall–Kier alpha value is -2.06. The fourth-order valence-corrected chi connectivity index (χ4v) is 4.12. The van der Waals surface area contributed by atoms with Crippen molar-refractivity contribution in [3.05, 3.63) is 48.0 Å². The van der Waals surface area contributed by atoms with Crippen molar-refractivity contribution in [3.63, 3.8) is 0 Å². The van der Waals surface area contributed by atoms with Gasteiger partial charge >= 0.3 is 6.01 Å². The summed E-state index contributed by atoms with van der Waals surface area (Å²) in [5, 5.41) is 0. The Kier molecular flexibility index (Phi) is 5.29. The van der Waals surface area contributed by atoms with Gasteiger partial charge in [-0.25, -0.2) is 27.5 Å². The van der Waals surface area contributed by atoms with Crippen molar-refractivity contribution in [3.8, 4) is 6.01 Å². The zero-order chi connectivity index (χ0) is 17.9. The Morgan fingerprint density at radius 1 is 1.08 bits per heavy atom. The highest BCUT2D eigenvalue weighted by Crippen LogP contribution is 2.23. The highest BCUT2D eigenvalue weighted by atomic mass is 32.2. The standard InChI is InChI=1S/C17H20FN3O3S/c1-12-2-8-16(9-3-12)25(22,23)21-14-4-6-15(7-5-14)24-17-19-10-13(18)11-20-17/h2-3,8-11,14-15,21H,4-7H2,1H3. The highest BCUT2D eigenvalue weighted by Gasteiger charge is 2.27. The van der Waals surface area contributed by atoms with Crippen LogP contribution >= 0.6 is 0 Å². The molecule has 6 nitrogen and oxygen atoms in total. The summed E-state index contributed by atoms with van der Waals surface area (Å²) in [6, 6.07) is 6.80. The molecule has 2 aromatic rings. The van der Waals surface area contributed by atoms with E-state index in [1.165, 1.54) is 0 Å². The molecule has 3 rings (SSSR count). The molecule has 1 aliphatic rings. The Morgan fingerprint density at radius 3 is 2.28 bits per heavy atom. The molecule has 0 radical (unpaired) electrons. The van der Waals surface area contributed by atoms with Crippen molar-refractivity contribution in [2.24, 2.45) is 0 Å². The quantitative estimate of drug-likeness (QED) is 0.881. The number of ether oxygens (including phenoxy) is 1. The van der Waals surface area contributed by atoms with Crippen LogP contribution in [0.25, 0.3) is 0 Å². The summed E-state index contributed by atoms with van der Waals surface area (Å²) < 4.78 is 46.0. The van der Waals surface area contributed by atoms with Crippen LogP contribution in [0.3, 0.4) is 0 Å². The van der Waals surface area contributed by atoms with Gasteiger partial charge in [-0.05, 0) is 44.7 Å². The number of sulfonamides is 1. The van der Waals surface area contributed by atoms with Gasteiger partial charge in [0.1, 0.15) is 6.10 Å². The van der Waals surface area contributed by atoms with Gasteiger partial charge in [0.15, 0.2) is 5.82 Å². The topological polar surface area (TPSA) is 81.2 Å². The molecule has 25 heavy (non-hydrogen) atoms. The first kappa shape index (κ1) is 17.8. The van der Waals surface area contributed by atoms with Gasteiger partial charge in [-0.3, -0.25) is 0 Å². The van der Waals surface area contributed by atoms with Gasteiger partial charge in [0.25, 0.3) is 0 Å². The van der Waals surface area contributed by atoms with E-state index in [9.17, 15) is 12.8 Å². The van der Waals surface area contributed by atoms with Gasteiger partial charge in [-0.15, -0.1) is 0 Å². The van der Waals surface area contributed by atoms with Crippen LogP contribution in [0, 0.1) is 12.7 Å². The number of rotatable bonds is 5. The molecule has 0 bridgehead atoms. The summed E-state index contributed by atoms with van der Waals surface area (Å²) in [6.07, 6.45) is 4.72. The Bertz CT molecular complexity index is 802. The summed E-state index contributed by atoms with van der Waals surface area (Å²) >= 11 is 0. The average Bonchev–Trinajstić information content (AvgIpc) is 2.59. The first-order chi connectivity index (χ1) is 11.9. The van der Waals surface area contributed by atoms with Crippen molar-refractivity contribution in [1.82, 2.24) is 14.7 Å². The molecular formula is C17H20FN3O3S. The first-order valence-corrected chi connectivity index (χ1v) is 9.64. The smallest absolute Gasteiger partial charge is 0.316 e. The van der Waals surface area contributed by atoms with E-state index in [1.54, 1.807) is 24.3 Å². The van der Waals surface area contributed by atoms with Crippen molar-refractivity contribution in [2.75, 3.05) is 0 Å². The zero-order valence-electron chi connectivity index (χ0n) is 13.9. The number of aryl methyl sites for hydroxylation is 1. The fraction of sp³-hybridized carbons (Fsp3) is 0.412. The predicted molar refractivity (Wildman–Crippen MR) is 90.2 cm³/mol. The van der Waals surface area contributed by atoms with Gasteiger partial charge in [0.05, 0.1) is 17.3 Å². The minimum absolute atomic E-state index is 0.0920. The monoisotopic (exact) mass is 365 g/mol. The number of aromatic nitrogens is 2. The van der Waals surface area contributed by atoms with Crippen molar-refractivity contribution in [1.29, 1.82) is 0 Å². The molecule has 1 heterocycles. The molecule has 0 saturated heterocycles. The Labute approximate surface area is 146 Å². The van der Waals surface area contributed by atoms with Crippen LogP contribution in [0.1, 0.15) is 31.2 Å². The molecule has 1 aliphatic carbocycles. The lowest BCUT2D eigenvalue weighted by molar-refractivity contribution is 0.132. The van der Waals surface area contributed by atoms with Gasteiger partial charge in [0, 0.05) is 6.04 Å². The highest BCUT2D eigenvalue weighted by molar-refractivity contribution is 7.89. The summed E-state index contributed by atoms with van der Waals surface area (Å²) in [4.78, 5) is 7.83. The lowest BCUT2D eigenvalue weighted by atomic mass is 9.94. The summed E-state index contributed by atoms with van der Waals surface area (Å²) in [5.74, 6) is -0.512. The number of hydrogen-bond donors (Lipinski definition) is 1. The van der Waals surface area contributed by atoms with Crippen molar-refractivity contribution < 1.29 is 17.5 Å². The van der Waals surface area contributed by atoms with Gasteiger partial charge in [-0.2, -0.15) is 0 Å². The second-order valence-electron chi connectivity index (χ2n) is 6.21. The van der Waals surface area contributed by atoms with E-state index >= 15 is 0 Å². The lowest BCUT2D eigenvalue weighted by Crippen LogP contribution is -2.39. The number of nitrogens with one attached hydrogen (secondary N) is 1. The van der Waals surface area contributed by atoms with Crippen LogP contribution in [0.4, 0.5) is 4.39 Å². The third kappa shape index (κ3) is 4.73. The molecule has 1 fully saturated rings. The van der Waals surface area contributed by atoms with Gasteiger partial charge in [-0.1, -0.05) is 17.7 Å². The molecule has 1 aromatic carbocycles. The fourth-order valence-electron chi connectivity index (χ4n) is 2.81. The predicted octanol–water partition coefficient (Wildman–Crippen LogP) is 2.59. The van der Waals surface area contributed by atoms with E-state index in [2.05, 4.69) is 14.7 Å². The molecule has 0 amide bonds. The molecule has 0 unspecified atom stereocenters. The minimum Gasteiger partial charge on any atom is -0.460 e. The number of nitrogens with zero attached hydrogens (tertiary/aromatic N) is 2. The van der Waals surface area contributed by atoms with E-state index in [0.29, 0.717) is 25.7 Å². The normalized spacial score (nSPS) is 21.0. The largest absolute Gasteiger partial charge is 0.460 e. The zero-order valence-corrected chi connectivity index (χ0v) is 14.7. The van der Waals surface area contributed by atoms with Crippen LogP contribution in [0.2, 0.25) is 0 Å². The molecule has 134 valence electrons. The van der Waals surface area contributed by atoms with Crippen LogP contribution < -0.4 is 9.46 Å². The van der Waals surface area contributed by atoms with E-state index in [1.807, 2.05) is 6.92 Å². The SMILES string of the molecule is Cc1ccc(S(=O)(=O)NC2CCC(Oc3ncc(F)cn3)CC2)cc1. The van der Waals surface area contributed by atoms with Gasteiger partial charge in [0.2, 0.25) is 10.0 Å². The molecule has 8 heteroatoms. The molecular weight excluding hydrogens is 345 g/mol. The van der Waals surface area contributed by atoms with Crippen LogP contribution in [0.15, 0.2) is 41.6 Å².